The summed E-state index contributed by atoms with van der Waals surface area (Å²) in [4.78, 5) is 36.8. The van der Waals surface area contributed by atoms with E-state index in [1.165, 1.54) is 12.1 Å². The van der Waals surface area contributed by atoms with Gasteiger partial charge in [0.2, 0.25) is 5.91 Å². The molecule has 3 aromatic rings. The van der Waals surface area contributed by atoms with E-state index >= 15 is 0 Å². The van der Waals surface area contributed by atoms with Crippen molar-refractivity contribution in [3.8, 4) is 0 Å². The molecule has 0 aliphatic carbocycles. The monoisotopic (exact) mass is 404 g/mol. The Bertz CT molecular complexity index is 1130. The van der Waals surface area contributed by atoms with Crippen LogP contribution in [-0.2, 0) is 11.3 Å². The molecular weight excluding hydrogens is 380 g/mol. The maximum Gasteiger partial charge on any atom is 0.276 e. The first kappa shape index (κ1) is 21.0. The molecule has 2 amide bonds. The van der Waals surface area contributed by atoms with Crippen molar-refractivity contribution in [3.05, 3.63) is 87.3 Å². The van der Waals surface area contributed by atoms with E-state index < -0.39 is 5.91 Å². The van der Waals surface area contributed by atoms with Crippen molar-refractivity contribution in [1.82, 2.24) is 9.78 Å². The number of aryl methyl sites for hydroxylation is 4. The predicted octanol–water partition coefficient (Wildman–Crippen LogP) is 3.45. The molecule has 0 bridgehead atoms. The number of hydrogen-bond donors (Lipinski definition) is 2. The van der Waals surface area contributed by atoms with Gasteiger partial charge in [-0.05, 0) is 50.6 Å². The maximum absolute atomic E-state index is 12.4. The molecule has 0 aliphatic heterocycles. The molecule has 30 heavy (non-hydrogen) atoms. The summed E-state index contributed by atoms with van der Waals surface area (Å²) in [5, 5.41) is 9.69. The van der Waals surface area contributed by atoms with E-state index in [0.29, 0.717) is 5.69 Å². The van der Waals surface area contributed by atoms with Gasteiger partial charge >= 0.3 is 0 Å². The van der Waals surface area contributed by atoms with Crippen molar-refractivity contribution in [3.63, 3.8) is 0 Å². The summed E-state index contributed by atoms with van der Waals surface area (Å²) in [6, 6.07) is 15.8. The van der Waals surface area contributed by atoms with Crippen molar-refractivity contribution in [2.75, 3.05) is 10.6 Å². The molecular formula is C23H24N4O3. The fourth-order valence-electron chi connectivity index (χ4n) is 2.94. The molecule has 7 nitrogen and oxygen atoms in total. The lowest BCUT2D eigenvalue weighted by atomic mass is 10.1. The molecule has 0 fully saturated rings. The Morgan fingerprint density at radius 1 is 0.900 bits per heavy atom. The van der Waals surface area contributed by atoms with Crippen LogP contribution in [0, 0.1) is 20.8 Å². The van der Waals surface area contributed by atoms with E-state index in [1.54, 1.807) is 12.1 Å². The molecule has 154 valence electrons. The van der Waals surface area contributed by atoms with Crippen LogP contribution in [0.2, 0.25) is 0 Å². The van der Waals surface area contributed by atoms with E-state index in [9.17, 15) is 14.4 Å². The van der Waals surface area contributed by atoms with Crippen molar-refractivity contribution in [2.24, 2.45) is 0 Å². The highest BCUT2D eigenvalue weighted by atomic mass is 16.2. The Balaban J connectivity index is 1.64. The number of amides is 2. The highest BCUT2D eigenvalue weighted by molar-refractivity contribution is 6.02. The van der Waals surface area contributed by atoms with E-state index in [4.69, 9.17) is 0 Å². The van der Waals surface area contributed by atoms with E-state index in [1.807, 2.05) is 51.1 Å². The Morgan fingerprint density at radius 3 is 2.30 bits per heavy atom. The van der Waals surface area contributed by atoms with Crippen LogP contribution in [-0.4, -0.2) is 21.6 Å². The van der Waals surface area contributed by atoms with E-state index in [0.717, 1.165) is 27.1 Å². The van der Waals surface area contributed by atoms with Gasteiger partial charge in [0.05, 0.1) is 6.54 Å². The SMILES string of the molecule is Cc1ccc(NC(=O)c2ccc(=O)n(CCC(=O)Nc3ccc(C)cc3C)n2)cc1. The Hall–Kier alpha value is -3.74. The number of hydrogen-bond acceptors (Lipinski definition) is 4. The zero-order valence-electron chi connectivity index (χ0n) is 17.2. The number of nitrogens with zero attached hydrogens (tertiary/aromatic N) is 2. The Morgan fingerprint density at radius 2 is 1.60 bits per heavy atom. The number of carbonyl (C=O) groups excluding carboxylic acids is 2. The van der Waals surface area contributed by atoms with Gasteiger partial charge in [-0.25, -0.2) is 4.68 Å². The van der Waals surface area contributed by atoms with E-state index in [-0.39, 0.29) is 30.1 Å². The van der Waals surface area contributed by atoms with E-state index in [2.05, 4.69) is 15.7 Å². The molecule has 7 heteroatoms. The van der Waals surface area contributed by atoms with Gasteiger partial charge < -0.3 is 10.6 Å². The normalized spacial score (nSPS) is 10.5. The standard InChI is InChI=1S/C23H24N4O3/c1-15-4-7-18(8-5-15)24-23(30)20-10-11-22(29)27(26-20)13-12-21(28)25-19-9-6-16(2)14-17(19)3/h4-11,14H,12-13H2,1-3H3,(H,24,30)(H,25,28). The maximum atomic E-state index is 12.4. The average Bonchev–Trinajstić information content (AvgIpc) is 2.71. The third-order valence-electron chi connectivity index (χ3n) is 4.62. The summed E-state index contributed by atoms with van der Waals surface area (Å²) >= 11 is 0. The molecule has 0 radical (unpaired) electrons. The molecule has 0 saturated carbocycles. The first-order valence-electron chi connectivity index (χ1n) is 9.65. The number of carbonyl (C=O) groups is 2. The lowest BCUT2D eigenvalue weighted by Crippen LogP contribution is -2.28. The fourth-order valence-corrected chi connectivity index (χ4v) is 2.94. The average molecular weight is 404 g/mol. The third kappa shape index (κ3) is 5.41. The van der Waals surface area contributed by atoms with Crippen molar-refractivity contribution in [1.29, 1.82) is 0 Å². The zero-order chi connectivity index (χ0) is 21.7. The van der Waals surface area contributed by atoms with Crippen LogP contribution in [0.3, 0.4) is 0 Å². The molecule has 3 rings (SSSR count). The van der Waals surface area contributed by atoms with Crippen LogP contribution >= 0.6 is 0 Å². The third-order valence-corrected chi connectivity index (χ3v) is 4.62. The second-order valence-electron chi connectivity index (χ2n) is 7.22. The minimum Gasteiger partial charge on any atom is -0.326 e. The lowest BCUT2D eigenvalue weighted by molar-refractivity contribution is -0.116. The van der Waals surface area contributed by atoms with Gasteiger partial charge in [-0.1, -0.05) is 35.4 Å². The summed E-state index contributed by atoms with van der Waals surface area (Å²) < 4.78 is 1.13. The van der Waals surface area contributed by atoms with Gasteiger partial charge in [0.15, 0.2) is 0 Å². The minimum absolute atomic E-state index is 0.0588. The van der Waals surface area contributed by atoms with Crippen LogP contribution in [0.4, 0.5) is 11.4 Å². The smallest absolute Gasteiger partial charge is 0.276 e. The van der Waals surface area contributed by atoms with Crippen molar-refractivity contribution in [2.45, 2.75) is 33.7 Å². The first-order chi connectivity index (χ1) is 14.3. The lowest BCUT2D eigenvalue weighted by Gasteiger charge is -2.10. The molecule has 1 heterocycles. The van der Waals surface area contributed by atoms with Gasteiger partial charge in [0.1, 0.15) is 5.69 Å². The number of aromatic nitrogens is 2. The predicted molar refractivity (Wildman–Crippen MR) is 117 cm³/mol. The summed E-state index contributed by atoms with van der Waals surface area (Å²) in [6.07, 6.45) is 0.0588. The number of anilines is 2. The molecule has 0 atom stereocenters. The van der Waals surface area contributed by atoms with Gasteiger partial charge in [0, 0.05) is 23.9 Å². The van der Waals surface area contributed by atoms with Gasteiger partial charge in [-0.15, -0.1) is 0 Å². The Labute approximate surface area is 174 Å². The van der Waals surface area contributed by atoms with Gasteiger partial charge in [-0.2, -0.15) is 5.10 Å². The van der Waals surface area contributed by atoms with Crippen LogP contribution in [0.15, 0.2) is 59.4 Å². The highest BCUT2D eigenvalue weighted by Crippen LogP contribution is 2.16. The first-order valence-corrected chi connectivity index (χ1v) is 9.65. The molecule has 0 aliphatic rings. The fraction of sp³-hybridized carbons (Fsp3) is 0.217. The number of rotatable bonds is 6. The largest absolute Gasteiger partial charge is 0.326 e. The van der Waals surface area contributed by atoms with Gasteiger partial charge in [-0.3, -0.25) is 14.4 Å². The van der Waals surface area contributed by atoms with Crippen molar-refractivity contribution < 1.29 is 9.59 Å². The van der Waals surface area contributed by atoms with Crippen LogP contribution in [0.1, 0.15) is 33.6 Å². The summed E-state index contributed by atoms with van der Waals surface area (Å²) in [6.45, 7) is 5.93. The minimum atomic E-state index is -0.424. The van der Waals surface area contributed by atoms with Crippen molar-refractivity contribution >= 4 is 23.2 Å². The van der Waals surface area contributed by atoms with Crippen LogP contribution < -0.4 is 16.2 Å². The number of benzene rings is 2. The quantitative estimate of drug-likeness (QED) is 0.658. The highest BCUT2D eigenvalue weighted by Gasteiger charge is 2.12. The molecule has 0 unspecified atom stereocenters. The topological polar surface area (TPSA) is 93.1 Å². The summed E-state index contributed by atoms with van der Waals surface area (Å²) in [7, 11) is 0. The molecule has 0 spiro atoms. The molecule has 0 saturated heterocycles. The van der Waals surface area contributed by atoms with Crippen LogP contribution in [0.25, 0.3) is 0 Å². The summed E-state index contributed by atoms with van der Waals surface area (Å²) in [5.41, 5.74) is 4.26. The second kappa shape index (κ2) is 9.17. The Kier molecular flexibility index (Phi) is 6.41. The van der Waals surface area contributed by atoms with Crippen LogP contribution in [0.5, 0.6) is 0 Å². The summed E-state index contributed by atoms with van der Waals surface area (Å²) in [5.74, 6) is -0.655. The van der Waals surface area contributed by atoms with Gasteiger partial charge in [0.25, 0.3) is 11.5 Å². The zero-order valence-corrected chi connectivity index (χ0v) is 17.2. The number of nitrogens with one attached hydrogen (secondary N) is 2. The molecule has 2 N–H and O–H groups in total. The second-order valence-corrected chi connectivity index (χ2v) is 7.22. The molecule has 2 aromatic carbocycles. The molecule has 1 aromatic heterocycles.